The van der Waals surface area contributed by atoms with E-state index in [0.29, 0.717) is 22.9 Å². The first kappa shape index (κ1) is 14.2. The van der Waals surface area contributed by atoms with Crippen molar-refractivity contribution in [2.24, 2.45) is 5.73 Å². The molecule has 0 bridgehead atoms. The maximum Gasteiger partial charge on any atom is 0.130 e. The number of ether oxygens (including phenoxy) is 2. The zero-order valence-corrected chi connectivity index (χ0v) is 11.8. The summed E-state index contributed by atoms with van der Waals surface area (Å²) in [5.41, 5.74) is 6.98. The molecular formula is C15H15ClN2O2. The number of methoxy groups -OCH3 is 1. The van der Waals surface area contributed by atoms with Crippen molar-refractivity contribution in [1.29, 1.82) is 5.41 Å². The van der Waals surface area contributed by atoms with Crippen LogP contribution in [-0.2, 0) is 6.61 Å². The van der Waals surface area contributed by atoms with Gasteiger partial charge in [0.1, 0.15) is 23.9 Å². The number of rotatable bonds is 5. The van der Waals surface area contributed by atoms with Gasteiger partial charge < -0.3 is 15.2 Å². The van der Waals surface area contributed by atoms with Gasteiger partial charge in [0.2, 0.25) is 0 Å². The molecule has 2 aromatic rings. The van der Waals surface area contributed by atoms with E-state index in [4.69, 9.17) is 32.2 Å². The SMILES string of the molecule is COc1cc(COc2ccc(Cl)cc2)ccc1C(=N)N. The van der Waals surface area contributed by atoms with Crippen molar-refractivity contribution in [3.63, 3.8) is 0 Å². The molecule has 0 aliphatic carbocycles. The highest BCUT2D eigenvalue weighted by atomic mass is 35.5. The summed E-state index contributed by atoms with van der Waals surface area (Å²) in [6.07, 6.45) is 0. The first-order valence-corrected chi connectivity index (χ1v) is 6.37. The first-order valence-electron chi connectivity index (χ1n) is 6.00. The predicted octanol–water partition coefficient (Wildman–Crippen LogP) is 3.21. The number of nitrogens with one attached hydrogen (secondary N) is 1. The van der Waals surface area contributed by atoms with Crippen LogP contribution in [0.5, 0.6) is 11.5 Å². The molecule has 0 spiro atoms. The second-order valence-electron chi connectivity index (χ2n) is 4.19. The molecule has 0 radical (unpaired) electrons. The van der Waals surface area contributed by atoms with Gasteiger partial charge in [-0.05, 0) is 42.0 Å². The predicted molar refractivity (Wildman–Crippen MR) is 79.8 cm³/mol. The molecular weight excluding hydrogens is 276 g/mol. The molecule has 0 aliphatic heterocycles. The minimum Gasteiger partial charge on any atom is -0.496 e. The van der Waals surface area contributed by atoms with Gasteiger partial charge in [0.05, 0.1) is 12.7 Å². The molecule has 0 aliphatic rings. The summed E-state index contributed by atoms with van der Waals surface area (Å²) in [6.45, 7) is 0.399. The normalized spacial score (nSPS) is 10.1. The van der Waals surface area contributed by atoms with Crippen LogP contribution >= 0.6 is 11.6 Å². The van der Waals surface area contributed by atoms with Crippen LogP contribution in [0.1, 0.15) is 11.1 Å². The largest absolute Gasteiger partial charge is 0.496 e. The zero-order valence-electron chi connectivity index (χ0n) is 11.0. The van der Waals surface area contributed by atoms with E-state index in [2.05, 4.69) is 0 Å². The average molecular weight is 291 g/mol. The second kappa shape index (κ2) is 6.30. The summed E-state index contributed by atoms with van der Waals surface area (Å²) >= 11 is 5.81. The Morgan fingerprint density at radius 1 is 1.20 bits per heavy atom. The molecule has 3 N–H and O–H groups in total. The van der Waals surface area contributed by atoms with Gasteiger partial charge in [0, 0.05) is 5.02 Å². The summed E-state index contributed by atoms with van der Waals surface area (Å²) < 4.78 is 10.9. The van der Waals surface area contributed by atoms with E-state index >= 15 is 0 Å². The number of hydrogen-bond donors (Lipinski definition) is 2. The number of halogens is 1. The molecule has 20 heavy (non-hydrogen) atoms. The molecule has 0 saturated carbocycles. The van der Waals surface area contributed by atoms with E-state index < -0.39 is 0 Å². The van der Waals surface area contributed by atoms with Gasteiger partial charge in [-0.15, -0.1) is 0 Å². The molecule has 5 heteroatoms. The first-order chi connectivity index (χ1) is 9.60. The van der Waals surface area contributed by atoms with Crippen LogP contribution in [0.2, 0.25) is 5.02 Å². The lowest BCUT2D eigenvalue weighted by molar-refractivity contribution is 0.305. The van der Waals surface area contributed by atoms with Crippen LogP contribution in [0.25, 0.3) is 0 Å². The van der Waals surface area contributed by atoms with Crippen molar-refractivity contribution in [3.8, 4) is 11.5 Å². The third-order valence-electron chi connectivity index (χ3n) is 2.78. The van der Waals surface area contributed by atoms with Crippen LogP contribution in [0.4, 0.5) is 0 Å². The molecule has 4 nitrogen and oxygen atoms in total. The molecule has 2 aromatic carbocycles. The van der Waals surface area contributed by atoms with Crippen molar-refractivity contribution in [2.75, 3.05) is 7.11 Å². The second-order valence-corrected chi connectivity index (χ2v) is 4.63. The van der Waals surface area contributed by atoms with Crippen molar-refractivity contribution in [2.45, 2.75) is 6.61 Å². The molecule has 0 aromatic heterocycles. The lowest BCUT2D eigenvalue weighted by Gasteiger charge is -2.10. The smallest absolute Gasteiger partial charge is 0.130 e. The van der Waals surface area contributed by atoms with Gasteiger partial charge >= 0.3 is 0 Å². The molecule has 2 rings (SSSR count). The lowest BCUT2D eigenvalue weighted by Crippen LogP contribution is -2.12. The minimum absolute atomic E-state index is 0.0213. The van der Waals surface area contributed by atoms with Gasteiger partial charge in [-0.1, -0.05) is 17.7 Å². The quantitative estimate of drug-likeness (QED) is 0.656. The van der Waals surface area contributed by atoms with Crippen molar-refractivity contribution in [1.82, 2.24) is 0 Å². The topological polar surface area (TPSA) is 68.3 Å². The molecule has 0 heterocycles. The molecule has 0 fully saturated rings. The summed E-state index contributed by atoms with van der Waals surface area (Å²) in [5.74, 6) is 1.28. The Bertz CT molecular complexity index is 612. The number of nitrogens with two attached hydrogens (primary N) is 1. The van der Waals surface area contributed by atoms with Gasteiger partial charge in [-0.25, -0.2) is 0 Å². The fourth-order valence-electron chi connectivity index (χ4n) is 1.75. The number of hydrogen-bond acceptors (Lipinski definition) is 3. The standard InChI is InChI=1S/C15H15ClN2O2/c1-19-14-8-10(2-7-13(14)15(17)18)9-20-12-5-3-11(16)4-6-12/h2-8H,9H2,1H3,(H3,17,18). The molecule has 0 unspecified atom stereocenters. The van der Waals surface area contributed by atoms with Crippen molar-refractivity contribution < 1.29 is 9.47 Å². The van der Waals surface area contributed by atoms with Gasteiger partial charge in [-0.3, -0.25) is 5.41 Å². The number of benzene rings is 2. The van der Waals surface area contributed by atoms with Gasteiger partial charge in [0.25, 0.3) is 0 Å². The summed E-state index contributed by atoms with van der Waals surface area (Å²) in [6, 6.07) is 12.6. The summed E-state index contributed by atoms with van der Waals surface area (Å²) in [5, 5.41) is 8.13. The Morgan fingerprint density at radius 2 is 1.90 bits per heavy atom. The van der Waals surface area contributed by atoms with E-state index in [1.165, 1.54) is 0 Å². The van der Waals surface area contributed by atoms with Gasteiger partial charge in [-0.2, -0.15) is 0 Å². The van der Waals surface area contributed by atoms with Crippen LogP contribution in [0.15, 0.2) is 42.5 Å². The minimum atomic E-state index is -0.0213. The fraction of sp³-hybridized carbons (Fsp3) is 0.133. The highest BCUT2D eigenvalue weighted by Crippen LogP contribution is 2.21. The third-order valence-corrected chi connectivity index (χ3v) is 3.03. The maximum atomic E-state index is 7.46. The number of amidine groups is 1. The maximum absolute atomic E-state index is 7.46. The third kappa shape index (κ3) is 3.42. The van der Waals surface area contributed by atoms with Crippen molar-refractivity contribution >= 4 is 17.4 Å². The van der Waals surface area contributed by atoms with Crippen LogP contribution in [0, 0.1) is 5.41 Å². The van der Waals surface area contributed by atoms with Gasteiger partial charge in [0.15, 0.2) is 0 Å². The summed E-state index contributed by atoms with van der Waals surface area (Å²) in [4.78, 5) is 0. The van der Waals surface area contributed by atoms with E-state index in [1.807, 2.05) is 24.3 Å². The molecule has 0 amide bonds. The highest BCUT2D eigenvalue weighted by molar-refractivity contribution is 6.30. The fourth-order valence-corrected chi connectivity index (χ4v) is 1.87. The van der Waals surface area contributed by atoms with Crippen molar-refractivity contribution in [3.05, 3.63) is 58.6 Å². The summed E-state index contributed by atoms with van der Waals surface area (Å²) in [7, 11) is 1.55. The lowest BCUT2D eigenvalue weighted by atomic mass is 10.1. The number of nitrogen functional groups attached to an aromatic ring is 1. The van der Waals surface area contributed by atoms with Crippen LogP contribution < -0.4 is 15.2 Å². The Hall–Kier alpha value is -2.20. The Morgan fingerprint density at radius 3 is 2.50 bits per heavy atom. The highest BCUT2D eigenvalue weighted by Gasteiger charge is 2.07. The molecule has 0 atom stereocenters. The van der Waals surface area contributed by atoms with E-state index in [-0.39, 0.29) is 5.84 Å². The Balaban J connectivity index is 2.10. The van der Waals surface area contributed by atoms with E-state index in [1.54, 1.807) is 25.3 Å². The van der Waals surface area contributed by atoms with Crippen LogP contribution in [0.3, 0.4) is 0 Å². The monoisotopic (exact) mass is 290 g/mol. The zero-order chi connectivity index (χ0) is 14.5. The average Bonchev–Trinajstić information content (AvgIpc) is 2.46. The Kier molecular flexibility index (Phi) is 4.48. The van der Waals surface area contributed by atoms with E-state index in [0.717, 1.165) is 11.3 Å². The molecule has 104 valence electrons. The van der Waals surface area contributed by atoms with E-state index in [9.17, 15) is 0 Å². The Labute approximate surface area is 122 Å². The molecule has 0 saturated heterocycles. The van der Waals surface area contributed by atoms with Crippen LogP contribution in [-0.4, -0.2) is 12.9 Å².